The lowest BCUT2D eigenvalue weighted by atomic mass is 10.1. The lowest BCUT2D eigenvalue weighted by molar-refractivity contribution is -0.144. The Morgan fingerprint density at radius 2 is 2.00 bits per heavy atom. The average Bonchev–Trinajstić information content (AvgIpc) is 2.83. The summed E-state index contributed by atoms with van der Waals surface area (Å²) in [6.45, 7) is 9.12. The molecule has 1 unspecified atom stereocenters. The quantitative estimate of drug-likeness (QED) is 0.693. The molecule has 0 aliphatic carbocycles. The number of cyclic esters (lactones) is 1. The van der Waals surface area contributed by atoms with E-state index in [9.17, 15) is 4.79 Å². The first kappa shape index (κ1) is 16.6. The molecule has 4 heterocycles. The Hall–Kier alpha value is -2.24. The van der Waals surface area contributed by atoms with Crippen LogP contribution < -0.4 is 4.90 Å². The van der Waals surface area contributed by atoms with Crippen molar-refractivity contribution in [1.29, 1.82) is 0 Å². The number of carbonyl (C=O) groups is 1. The second-order valence-corrected chi connectivity index (χ2v) is 5.97. The molecule has 1 atom stereocenters. The van der Waals surface area contributed by atoms with E-state index in [2.05, 4.69) is 19.9 Å². The first-order valence-electron chi connectivity index (χ1n) is 8.71. The van der Waals surface area contributed by atoms with Gasteiger partial charge in [0.15, 0.2) is 0 Å². The van der Waals surface area contributed by atoms with E-state index in [-0.39, 0.29) is 12.0 Å². The number of ether oxygens (including phenoxy) is 1. The highest BCUT2D eigenvalue weighted by Gasteiger charge is 2.35. The van der Waals surface area contributed by atoms with E-state index in [0.717, 1.165) is 53.3 Å². The van der Waals surface area contributed by atoms with Crippen molar-refractivity contribution in [3.8, 4) is 0 Å². The highest BCUT2D eigenvalue weighted by molar-refractivity contribution is 5.95. The molecule has 1 fully saturated rings. The molecule has 1 saturated heterocycles. The summed E-state index contributed by atoms with van der Waals surface area (Å²) in [7, 11) is 0. The number of hydrogen-bond donors (Lipinski definition) is 0. The van der Waals surface area contributed by atoms with E-state index in [1.807, 2.05) is 33.8 Å². The van der Waals surface area contributed by atoms with Crippen LogP contribution in [-0.2, 0) is 16.0 Å². The zero-order chi connectivity index (χ0) is 17.3. The van der Waals surface area contributed by atoms with Gasteiger partial charge in [-0.05, 0) is 39.2 Å². The zero-order valence-corrected chi connectivity index (χ0v) is 14.8. The molecule has 128 valence electrons. The highest BCUT2D eigenvalue weighted by atomic mass is 16.5. The van der Waals surface area contributed by atoms with Crippen LogP contribution in [0.1, 0.15) is 43.9 Å². The van der Waals surface area contributed by atoms with Crippen LogP contribution in [0.2, 0.25) is 0 Å². The van der Waals surface area contributed by atoms with Gasteiger partial charge in [0.1, 0.15) is 17.7 Å². The normalized spacial score (nSPS) is 19.6. The van der Waals surface area contributed by atoms with E-state index in [1.54, 1.807) is 0 Å². The largest absolute Gasteiger partial charge is 0.464 e. The maximum Gasteiger partial charge on any atom is 0.328 e. The fourth-order valence-corrected chi connectivity index (χ4v) is 3.44. The fraction of sp³-hybridized carbons (Fsp3) is 0.556. The lowest BCUT2D eigenvalue weighted by Crippen LogP contribution is -2.41. The van der Waals surface area contributed by atoms with Crippen LogP contribution >= 0.6 is 0 Å². The number of carbonyl (C=O) groups excluding carboxylic acids is 1. The summed E-state index contributed by atoms with van der Waals surface area (Å²) in [5.74, 6) is 1.41. The number of nitrogens with zero attached hydrogens (tertiary/aromatic N) is 4. The van der Waals surface area contributed by atoms with Gasteiger partial charge in [-0.3, -0.25) is 4.98 Å². The lowest BCUT2D eigenvalue weighted by Gasteiger charge is -2.27. The molecule has 4 rings (SSSR count). The molecule has 2 aliphatic rings. The predicted octanol–water partition coefficient (Wildman–Crippen LogP) is 2.74. The molecule has 0 N–H and O–H groups in total. The van der Waals surface area contributed by atoms with Crippen molar-refractivity contribution in [2.45, 2.75) is 53.0 Å². The van der Waals surface area contributed by atoms with Crippen LogP contribution in [0.3, 0.4) is 0 Å². The van der Waals surface area contributed by atoms with Crippen molar-refractivity contribution in [2.24, 2.45) is 0 Å². The molecule has 24 heavy (non-hydrogen) atoms. The number of aryl methyl sites for hydroxylation is 3. The summed E-state index contributed by atoms with van der Waals surface area (Å²) in [6, 6.07) is 1.72. The summed E-state index contributed by atoms with van der Waals surface area (Å²) < 4.78 is 5.33. The maximum atomic E-state index is 12.3. The Balaban J connectivity index is 0.000000815. The smallest absolute Gasteiger partial charge is 0.328 e. The summed E-state index contributed by atoms with van der Waals surface area (Å²) in [5, 5.41) is 0.994. The van der Waals surface area contributed by atoms with E-state index in [0.29, 0.717) is 13.0 Å². The first-order valence-corrected chi connectivity index (χ1v) is 8.71. The maximum absolute atomic E-state index is 12.3. The molecule has 2 aromatic rings. The Labute approximate surface area is 142 Å². The molecular weight excluding hydrogens is 304 g/mol. The van der Waals surface area contributed by atoms with Crippen molar-refractivity contribution >= 4 is 22.7 Å². The number of rotatable bonds is 0. The minimum Gasteiger partial charge on any atom is -0.464 e. The molecule has 0 radical (unpaired) electrons. The topological polar surface area (TPSA) is 68.2 Å². The van der Waals surface area contributed by atoms with Gasteiger partial charge in [0.2, 0.25) is 0 Å². The summed E-state index contributed by atoms with van der Waals surface area (Å²) in [5.41, 5.74) is 2.86. The van der Waals surface area contributed by atoms with Gasteiger partial charge in [-0.25, -0.2) is 14.8 Å². The summed E-state index contributed by atoms with van der Waals surface area (Å²) in [4.78, 5) is 28.3. The van der Waals surface area contributed by atoms with Gasteiger partial charge >= 0.3 is 5.97 Å². The number of fused-ring (bicyclic) bond motifs is 2. The molecule has 0 aromatic carbocycles. The minimum absolute atomic E-state index is 0.147. The number of esters is 1. The number of pyridine rings is 1. The highest BCUT2D eigenvalue weighted by Crippen LogP contribution is 2.34. The molecular formula is C18H24N4O2. The summed E-state index contributed by atoms with van der Waals surface area (Å²) >= 11 is 0. The van der Waals surface area contributed by atoms with E-state index < -0.39 is 0 Å². The van der Waals surface area contributed by atoms with Gasteiger partial charge in [-0.1, -0.05) is 13.8 Å². The third-order valence-corrected chi connectivity index (χ3v) is 4.34. The third-order valence-electron chi connectivity index (χ3n) is 4.34. The van der Waals surface area contributed by atoms with Crippen LogP contribution in [0.4, 0.5) is 5.82 Å². The van der Waals surface area contributed by atoms with Gasteiger partial charge < -0.3 is 9.64 Å². The Morgan fingerprint density at radius 1 is 1.21 bits per heavy atom. The van der Waals surface area contributed by atoms with Crippen LogP contribution in [0.15, 0.2) is 6.07 Å². The van der Waals surface area contributed by atoms with E-state index in [1.165, 1.54) is 0 Å². The van der Waals surface area contributed by atoms with Crippen LogP contribution in [0, 0.1) is 13.8 Å². The van der Waals surface area contributed by atoms with Crippen LogP contribution in [-0.4, -0.2) is 40.1 Å². The van der Waals surface area contributed by atoms with Crippen molar-refractivity contribution in [3.63, 3.8) is 0 Å². The molecule has 2 aliphatic heterocycles. The second-order valence-electron chi connectivity index (χ2n) is 5.97. The van der Waals surface area contributed by atoms with Crippen molar-refractivity contribution in [2.75, 3.05) is 18.1 Å². The van der Waals surface area contributed by atoms with Crippen LogP contribution in [0.5, 0.6) is 0 Å². The number of anilines is 1. The van der Waals surface area contributed by atoms with Gasteiger partial charge in [-0.2, -0.15) is 0 Å². The zero-order valence-electron chi connectivity index (χ0n) is 14.8. The molecule has 0 spiro atoms. The van der Waals surface area contributed by atoms with Crippen molar-refractivity contribution in [3.05, 3.63) is 23.3 Å². The van der Waals surface area contributed by atoms with Gasteiger partial charge in [0.25, 0.3) is 0 Å². The molecule has 2 aromatic heterocycles. The summed E-state index contributed by atoms with van der Waals surface area (Å²) in [6.07, 6.45) is 2.27. The van der Waals surface area contributed by atoms with E-state index in [4.69, 9.17) is 4.74 Å². The van der Waals surface area contributed by atoms with E-state index >= 15 is 0 Å². The standard InChI is InChI=1S/C16H18N4O2.C2H6/c1-9-8-12-14-11(17-9)4-5-13-16(21)22-7-3-6-20(13)15(14)19-10(2)18-12;1-2/h8,13H,3-7H2,1-2H3;1-2H3. The minimum atomic E-state index is -0.269. The third kappa shape index (κ3) is 2.81. The van der Waals surface area contributed by atoms with Gasteiger partial charge in [0, 0.05) is 12.2 Å². The van der Waals surface area contributed by atoms with Gasteiger partial charge in [0.05, 0.1) is 23.2 Å². The Kier molecular flexibility index (Phi) is 4.64. The Morgan fingerprint density at radius 3 is 2.79 bits per heavy atom. The van der Waals surface area contributed by atoms with Crippen molar-refractivity contribution in [1.82, 2.24) is 15.0 Å². The first-order chi connectivity index (χ1) is 11.6. The molecule has 6 nitrogen and oxygen atoms in total. The predicted molar refractivity (Wildman–Crippen MR) is 93.2 cm³/mol. The Bertz CT molecular complexity index is 770. The molecule has 0 bridgehead atoms. The second kappa shape index (κ2) is 6.71. The number of hydrogen-bond acceptors (Lipinski definition) is 6. The van der Waals surface area contributed by atoms with Gasteiger partial charge in [-0.15, -0.1) is 0 Å². The molecule has 0 amide bonds. The monoisotopic (exact) mass is 328 g/mol. The number of aromatic nitrogens is 3. The fourth-order valence-electron chi connectivity index (χ4n) is 3.44. The van der Waals surface area contributed by atoms with Crippen LogP contribution in [0.25, 0.3) is 10.9 Å². The SMILES string of the molecule is CC.Cc1cc2nc(C)nc3c2c(n1)CCC1C(=O)OCCCN31. The average molecular weight is 328 g/mol. The van der Waals surface area contributed by atoms with Crippen molar-refractivity contribution < 1.29 is 9.53 Å². The molecule has 0 saturated carbocycles. The molecule has 6 heteroatoms.